The van der Waals surface area contributed by atoms with Gasteiger partial charge in [-0.3, -0.25) is 0 Å². The van der Waals surface area contributed by atoms with E-state index in [4.69, 9.17) is 5.73 Å². The number of halogens is 6. The summed E-state index contributed by atoms with van der Waals surface area (Å²) in [7, 11) is 0. The van der Waals surface area contributed by atoms with Crippen LogP contribution in [0, 0.1) is 17.5 Å². The molecule has 0 radical (unpaired) electrons. The van der Waals surface area contributed by atoms with Crippen molar-refractivity contribution < 1.29 is 22.0 Å². The summed E-state index contributed by atoms with van der Waals surface area (Å²) in [5.41, 5.74) is 4.30. The molecular formula is C9H9ClF5N. The molecule has 1 nitrogen and oxygen atoms in total. The third-order valence-corrected chi connectivity index (χ3v) is 1.88. The molecule has 0 saturated heterocycles. The minimum atomic E-state index is -2.80. The average molecular weight is 262 g/mol. The van der Waals surface area contributed by atoms with E-state index in [-0.39, 0.29) is 12.4 Å². The number of benzene rings is 1. The molecule has 92 valence electrons. The van der Waals surface area contributed by atoms with E-state index in [1.54, 1.807) is 0 Å². The van der Waals surface area contributed by atoms with Crippen LogP contribution < -0.4 is 5.73 Å². The Balaban J connectivity index is 0.00000225. The molecule has 1 atom stereocenters. The third kappa shape index (κ3) is 3.31. The lowest BCUT2D eigenvalue weighted by atomic mass is 10.0. The van der Waals surface area contributed by atoms with Gasteiger partial charge < -0.3 is 5.73 Å². The first-order chi connectivity index (χ1) is 6.93. The highest BCUT2D eigenvalue weighted by Crippen LogP contribution is 2.25. The Hall–Kier alpha value is -0.880. The first-order valence-corrected chi connectivity index (χ1v) is 4.10. The molecular weight excluding hydrogens is 253 g/mol. The maximum atomic E-state index is 13.0. The van der Waals surface area contributed by atoms with Crippen LogP contribution >= 0.6 is 12.4 Å². The maximum absolute atomic E-state index is 13.0. The number of nitrogens with two attached hydrogens (primary N) is 1. The molecule has 1 rings (SSSR count). The minimum Gasteiger partial charge on any atom is -0.324 e. The molecule has 0 fully saturated rings. The normalized spacial score (nSPS) is 12.4. The van der Waals surface area contributed by atoms with Gasteiger partial charge in [-0.05, 0) is 12.1 Å². The Bertz CT molecular complexity index is 358. The molecule has 1 aromatic carbocycles. The fraction of sp³-hybridized carbons (Fsp3) is 0.333. The monoisotopic (exact) mass is 261 g/mol. The Morgan fingerprint density at radius 1 is 1.06 bits per heavy atom. The van der Waals surface area contributed by atoms with E-state index >= 15 is 0 Å². The lowest BCUT2D eigenvalue weighted by molar-refractivity contribution is 0.127. The predicted octanol–water partition coefficient (Wildman–Crippen LogP) is 3.18. The maximum Gasteiger partial charge on any atom is 0.240 e. The fourth-order valence-electron chi connectivity index (χ4n) is 1.19. The van der Waals surface area contributed by atoms with E-state index in [0.29, 0.717) is 12.1 Å². The zero-order chi connectivity index (χ0) is 11.6. The second-order valence-corrected chi connectivity index (χ2v) is 2.99. The minimum absolute atomic E-state index is 0. The van der Waals surface area contributed by atoms with Crippen LogP contribution in [0.25, 0.3) is 0 Å². The summed E-state index contributed by atoms with van der Waals surface area (Å²) in [5, 5.41) is 0. The molecule has 2 N–H and O–H groups in total. The van der Waals surface area contributed by atoms with Gasteiger partial charge in [0.15, 0.2) is 11.6 Å². The summed E-state index contributed by atoms with van der Waals surface area (Å²) in [5.74, 6) is -3.94. The molecule has 0 amide bonds. The summed E-state index contributed by atoms with van der Waals surface area (Å²) in [6, 6.07) is -0.330. The lowest BCUT2D eigenvalue weighted by Gasteiger charge is -2.13. The lowest BCUT2D eigenvalue weighted by Crippen LogP contribution is -2.18. The van der Waals surface area contributed by atoms with Crippen molar-refractivity contribution >= 4 is 12.4 Å². The number of rotatable bonds is 3. The van der Waals surface area contributed by atoms with Gasteiger partial charge in [-0.1, -0.05) is 0 Å². The summed E-state index contributed by atoms with van der Waals surface area (Å²) < 4.78 is 62.5. The smallest absolute Gasteiger partial charge is 0.240 e. The molecule has 7 heteroatoms. The van der Waals surface area contributed by atoms with Crippen LogP contribution in [0.2, 0.25) is 0 Å². The van der Waals surface area contributed by atoms with Crippen molar-refractivity contribution in [1.82, 2.24) is 0 Å². The SMILES string of the molecule is Cl.N[C@@H](CC(F)F)c1c(F)ccc(F)c1F. The van der Waals surface area contributed by atoms with E-state index in [1.807, 2.05) is 0 Å². The molecule has 0 heterocycles. The first-order valence-electron chi connectivity index (χ1n) is 4.10. The van der Waals surface area contributed by atoms with Gasteiger partial charge in [0.2, 0.25) is 6.43 Å². The van der Waals surface area contributed by atoms with Crippen LogP contribution in [-0.4, -0.2) is 6.43 Å². The van der Waals surface area contributed by atoms with Gasteiger partial charge >= 0.3 is 0 Å². The predicted molar refractivity (Wildman–Crippen MR) is 51.1 cm³/mol. The molecule has 0 unspecified atom stereocenters. The zero-order valence-corrected chi connectivity index (χ0v) is 8.71. The fourth-order valence-corrected chi connectivity index (χ4v) is 1.19. The van der Waals surface area contributed by atoms with Crippen LogP contribution in [0.1, 0.15) is 18.0 Å². The molecule has 0 aromatic heterocycles. The van der Waals surface area contributed by atoms with Crippen molar-refractivity contribution in [1.29, 1.82) is 0 Å². The highest BCUT2D eigenvalue weighted by atomic mass is 35.5. The van der Waals surface area contributed by atoms with E-state index in [9.17, 15) is 22.0 Å². The summed E-state index contributed by atoms with van der Waals surface area (Å²) in [6.45, 7) is 0. The zero-order valence-electron chi connectivity index (χ0n) is 7.89. The van der Waals surface area contributed by atoms with Gasteiger partial charge in [0, 0.05) is 18.0 Å². The summed E-state index contributed by atoms with van der Waals surface area (Å²) in [6.07, 6.45) is -3.72. The standard InChI is InChI=1S/C9H8F5N.ClH/c10-4-1-2-5(11)9(14)8(4)6(15)3-7(12)13;/h1-2,6-7H,3,15H2;1H/t6-;/m0./s1. The summed E-state index contributed by atoms with van der Waals surface area (Å²) >= 11 is 0. The number of alkyl halides is 2. The molecule has 0 aliphatic heterocycles. The molecule has 16 heavy (non-hydrogen) atoms. The first kappa shape index (κ1) is 15.1. The average Bonchev–Trinajstić information content (AvgIpc) is 2.11. The van der Waals surface area contributed by atoms with Gasteiger partial charge in [-0.2, -0.15) is 0 Å². The molecule has 0 aliphatic rings. The molecule has 0 spiro atoms. The van der Waals surface area contributed by atoms with Crippen LogP contribution in [0.5, 0.6) is 0 Å². The topological polar surface area (TPSA) is 26.0 Å². The Morgan fingerprint density at radius 3 is 2.06 bits per heavy atom. The quantitative estimate of drug-likeness (QED) is 0.656. The van der Waals surface area contributed by atoms with Crippen molar-refractivity contribution in [2.75, 3.05) is 0 Å². The Kier molecular flexibility index (Phi) is 5.67. The van der Waals surface area contributed by atoms with Crippen molar-refractivity contribution in [2.24, 2.45) is 5.73 Å². The van der Waals surface area contributed by atoms with E-state index in [0.717, 1.165) is 0 Å². The van der Waals surface area contributed by atoms with Crippen molar-refractivity contribution in [2.45, 2.75) is 18.9 Å². The second kappa shape index (κ2) is 6.00. The van der Waals surface area contributed by atoms with Crippen molar-refractivity contribution in [3.63, 3.8) is 0 Å². The van der Waals surface area contributed by atoms with Gasteiger partial charge in [0.1, 0.15) is 5.82 Å². The van der Waals surface area contributed by atoms with Crippen molar-refractivity contribution in [3.05, 3.63) is 35.1 Å². The van der Waals surface area contributed by atoms with E-state index in [2.05, 4.69) is 0 Å². The molecule has 0 bridgehead atoms. The van der Waals surface area contributed by atoms with Crippen LogP contribution in [-0.2, 0) is 0 Å². The van der Waals surface area contributed by atoms with E-state index in [1.165, 1.54) is 0 Å². The Labute approximate surface area is 94.8 Å². The largest absolute Gasteiger partial charge is 0.324 e. The molecule has 0 aliphatic carbocycles. The summed E-state index contributed by atoms with van der Waals surface area (Å²) in [4.78, 5) is 0. The Morgan fingerprint density at radius 2 is 1.56 bits per heavy atom. The number of hydrogen-bond acceptors (Lipinski definition) is 1. The highest BCUT2D eigenvalue weighted by Gasteiger charge is 2.22. The molecule has 1 aromatic rings. The van der Waals surface area contributed by atoms with Crippen LogP contribution in [0.3, 0.4) is 0 Å². The van der Waals surface area contributed by atoms with Gasteiger partial charge in [0.25, 0.3) is 0 Å². The number of hydrogen-bond donors (Lipinski definition) is 1. The van der Waals surface area contributed by atoms with Gasteiger partial charge in [0.05, 0.1) is 0 Å². The van der Waals surface area contributed by atoms with Gasteiger partial charge in [-0.15, -0.1) is 12.4 Å². The van der Waals surface area contributed by atoms with E-state index < -0.39 is 41.9 Å². The van der Waals surface area contributed by atoms with Crippen molar-refractivity contribution in [3.8, 4) is 0 Å². The highest BCUT2D eigenvalue weighted by molar-refractivity contribution is 5.85. The second-order valence-electron chi connectivity index (χ2n) is 2.99. The third-order valence-electron chi connectivity index (χ3n) is 1.88. The van der Waals surface area contributed by atoms with Crippen LogP contribution in [0.15, 0.2) is 12.1 Å². The van der Waals surface area contributed by atoms with Crippen LogP contribution in [0.4, 0.5) is 22.0 Å². The van der Waals surface area contributed by atoms with Gasteiger partial charge in [-0.25, -0.2) is 22.0 Å². The molecule has 0 saturated carbocycles.